The van der Waals surface area contributed by atoms with Crippen LogP contribution >= 0.6 is 23.8 Å². The molecule has 0 saturated carbocycles. The second kappa shape index (κ2) is 7.04. The number of hydrogen-bond donors (Lipinski definition) is 3. The van der Waals surface area contributed by atoms with E-state index < -0.39 is 15.9 Å². The molecule has 0 aliphatic rings. The third-order valence-electron chi connectivity index (χ3n) is 2.69. The number of benzene rings is 1. The first kappa shape index (κ1) is 17.3. The summed E-state index contributed by atoms with van der Waals surface area (Å²) >= 11 is 10.7. The maximum absolute atomic E-state index is 12.0. The molecule has 122 valence electrons. The van der Waals surface area contributed by atoms with Crippen molar-refractivity contribution in [2.24, 2.45) is 7.05 Å². The molecule has 0 fully saturated rings. The maximum Gasteiger partial charge on any atom is 0.277 e. The van der Waals surface area contributed by atoms with Crippen LogP contribution in [0.25, 0.3) is 0 Å². The molecule has 23 heavy (non-hydrogen) atoms. The summed E-state index contributed by atoms with van der Waals surface area (Å²) in [6, 6.07) is 7.69. The Labute approximate surface area is 142 Å². The van der Waals surface area contributed by atoms with Gasteiger partial charge in [0.25, 0.3) is 15.9 Å². The third kappa shape index (κ3) is 4.26. The average molecular weight is 374 g/mol. The van der Waals surface area contributed by atoms with E-state index in [9.17, 15) is 13.2 Å². The smallest absolute Gasteiger partial charge is 0.277 e. The molecule has 0 spiro atoms. The normalized spacial score (nSPS) is 11.0. The van der Waals surface area contributed by atoms with Crippen molar-refractivity contribution in [2.75, 3.05) is 0 Å². The number of thiocarbonyl (C=S) groups is 1. The molecule has 2 aromatic rings. The molecule has 0 radical (unpaired) electrons. The number of sulfonamides is 1. The highest BCUT2D eigenvalue weighted by Gasteiger charge is 2.18. The lowest BCUT2D eigenvalue weighted by molar-refractivity contribution is 0.0967. The van der Waals surface area contributed by atoms with Crippen LogP contribution in [0.5, 0.6) is 0 Å². The summed E-state index contributed by atoms with van der Waals surface area (Å²) in [5, 5.41) is 6.04. The van der Waals surface area contributed by atoms with Gasteiger partial charge in [-0.1, -0.05) is 29.8 Å². The largest absolute Gasteiger partial charge is 0.297 e. The number of aryl methyl sites for hydroxylation is 1. The first-order valence-corrected chi connectivity index (χ1v) is 8.44. The molecule has 2 rings (SSSR count). The van der Waals surface area contributed by atoms with Gasteiger partial charge in [0.15, 0.2) is 5.11 Å². The molecule has 0 bridgehead atoms. The van der Waals surface area contributed by atoms with Gasteiger partial charge in [-0.15, -0.1) is 4.83 Å². The van der Waals surface area contributed by atoms with Crippen LogP contribution in [0.3, 0.4) is 0 Å². The van der Waals surface area contributed by atoms with E-state index in [0.29, 0.717) is 0 Å². The number of nitrogens with one attached hydrogen (secondary N) is 3. The number of rotatable bonds is 4. The van der Waals surface area contributed by atoms with E-state index in [1.807, 2.05) is 0 Å². The molecule has 11 heteroatoms. The Hall–Kier alpha value is -2.01. The fourth-order valence-corrected chi connectivity index (χ4v) is 2.96. The Balaban J connectivity index is 1.97. The summed E-state index contributed by atoms with van der Waals surface area (Å²) in [6.07, 6.45) is 1.31. The van der Waals surface area contributed by atoms with Crippen LogP contribution in [-0.2, 0) is 17.1 Å². The van der Waals surface area contributed by atoms with Crippen molar-refractivity contribution in [3.63, 3.8) is 0 Å². The number of nitrogens with zero attached hydrogens (tertiary/aromatic N) is 2. The van der Waals surface area contributed by atoms with Crippen LogP contribution in [0.1, 0.15) is 10.5 Å². The lowest BCUT2D eigenvalue weighted by Gasteiger charge is -2.11. The first-order valence-electron chi connectivity index (χ1n) is 6.17. The Morgan fingerprint density at radius 2 is 1.96 bits per heavy atom. The molecule has 3 N–H and O–H groups in total. The topological polar surface area (TPSA) is 105 Å². The molecule has 0 saturated heterocycles. The highest BCUT2D eigenvalue weighted by Crippen LogP contribution is 2.13. The summed E-state index contributed by atoms with van der Waals surface area (Å²) < 4.78 is 25.2. The first-order chi connectivity index (χ1) is 10.8. The highest BCUT2D eigenvalue weighted by atomic mass is 35.5. The van der Waals surface area contributed by atoms with Crippen molar-refractivity contribution in [3.8, 4) is 0 Å². The molecule has 1 aromatic carbocycles. The number of carbonyl (C=O) groups is 1. The summed E-state index contributed by atoms with van der Waals surface area (Å²) in [4.78, 5) is 14.1. The Bertz CT molecular complexity index is 816. The van der Waals surface area contributed by atoms with Crippen molar-refractivity contribution < 1.29 is 13.2 Å². The fourth-order valence-electron chi connectivity index (χ4n) is 1.63. The molecular weight excluding hydrogens is 362 g/mol. The van der Waals surface area contributed by atoms with E-state index in [0.717, 1.165) is 0 Å². The number of hydrazine groups is 1. The zero-order valence-corrected chi connectivity index (χ0v) is 14.2. The lowest BCUT2D eigenvalue weighted by atomic mass is 10.4. The summed E-state index contributed by atoms with van der Waals surface area (Å²) in [6.45, 7) is 0. The zero-order valence-electron chi connectivity index (χ0n) is 11.8. The molecular formula is C12H12ClN5O3S2. The fraction of sp³-hybridized carbons (Fsp3) is 0.0833. The monoisotopic (exact) mass is 373 g/mol. The molecule has 1 amide bonds. The third-order valence-corrected chi connectivity index (χ3v) is 4.43. The lowest BCUT2D eigenvalue weighted by Crippen LogP contribution is -2.48. The second-order valence-electron chi connectivity index (χ2n) is 4.29. The predicted octanol–water partition coefficient (Wildman–Crippen LogP) is 0.571. The van der Waals surface area contributed by atoms with E-state index in [2.05, 4.69) is 20.7 Å². The number of aromatic nitrogens is 2. The van der Waals surface area contributed by atoms with Crippen LogP contribution in [-0.4, -0.2) is 29.2 Å². The van der Waals surface area contributed by atoms with Crippen molar-refractivity contribution >= 4 is 44.9 Å². The minimum Gasteiger partial charge on any atom is -0.297 e. The van der Waals surface area contributed by atoms with Crippen molar-refractivity contribution in [3.05, 3.63) is 47.2 Å². The zero-order chi connectivity index (χ0) is 17.0. The van der Waals surface area contributed by atoms with Crippen molar-refractivity contribution in [1.82, 2.24) is 25.4 Å². The van der Waals surface area contributed by atoms with Crippen LogP contribution < -0.4 is 15.6 Å². The van der Waals surface area contributed by atoms with Crippen LogP contribution in [0.15, 0.2) is 41.4 Å². The molecule has 0 unspecified atom stereocenters. The predicted molar refractivity (Wildman–Crippen MR) is 88.2 cm³/mol. The van der Waals surface area contributed by atoms with Gasteiger partial charge in [0.1, 0.15) is 5.69 Å². The standard InChI is InChI=1S/C12H12ClN5O3S2/c1-18-10(9(13)7-14-18)11(19)15-12(22)16-17-23(20,21)8-5-3-2-4-6-8/h2-7,17H,1H3,(H2,15,16,19,22). The van der Waals surface area contributed by atoms with Gasteiger partial charge in [-0.2, -0.15) is 5.10 Å². The quantitative estimate of drug-likeness (QED) is 0.534. The summed E-state index contributed by atoms with van der Waals surface area (Å²) in [7, 11) is -2.27. The van der Waals surface area contributed by atoms with E-state index in [1.54, 1.807) is 18.2 Å². The van der Waals surface area contributed by atoms with E-state index in [-0.39, 0.29) is 20.7 Å². The Morgan fingerprint density at radius 1 is 1.30 bits per heavy atom. The Kier molecular flexibility index (Phi) is 5.31. The van der Waals surface area contributed by atoms with Crippen LogP contribution in [0.2, 0.25) is 5.02 Å². The van der Waals surface area contributed by atoms with Crippen LogP contribution in [0, 0.1) is 0 Å². The Morgan fingerprint density at radius 3 is 2.52 bits per heavy atom. The molecule has 1 heterocycles. The van der Waals surface area contributed by atoms with E-state index >= 15 is 0 Å². The minimum absolute atomic E-state index is 0.0521. The number of carbonyl (C=O) groups excluding carboxylic acids is 1. The average Bonchev–Trinajstić information content (AvgIpc) is 2.85. The van der Waals surface area contributed by atoms with E-state index in [1.165, 1.54) is 30.1 Å². The number of amides is 1. The summed E-state index contributed by atoms with van der Waals surface area (Å²) in [5.74, 6) is -0.619. The van der Waals surface area contributed by atoms with Gasteiger partial charge in [0.05, 0.1) is 16.1 Å². The van der Waals surface area contributed by atoms with Gasteiger partial charge in [-0.3, -0.25) is 20.2 Å². The molecule has 0 aliphatic carbocycles. The van der Waals surface area contributed by atoms with E-state index in [4.69, 9.17) is 23.8 Å². The number of hydrogen-bond acceptors (Lipinski definition) is 5. The van der Waals surface area contributed by atoms with Gasteiger partial charge in [0, 0.05) is 7.05 Å². The van der Waals surface area contributed by atoms with Crippen LogP contribution in [0.4, 0.5) is 0 Å². The molecule has 0 aliphatic heterocycles. The summed E-state index contributed by atoms with van der Waals surface area (Å²) in [5.41, 5.74) is 2.34. The van der Waals surface area contributed by atoms with Gasteiger partial charge in [-0.05, 0) is 24.4 Å². The minimum atomic E-state index is -3.80. The van der Waals surface area contributed by atoms with Gasteiger partial charge in [0.2, 0.25) is 0 Å². The van der Waals surface area contributed by atoms with Gasteiger partial charge < -0.3 is 0 Å². The van der Waals surface area contributed by atoms with Gasteiger partial charge in [-0.25, -0.2) is 8.42 Å². The molecule has 0 atom stereocenters. The highest BCUT2D eigenvalue weighted by molar-refractivity contribution is 7.89. The second-order valence-corrected chi connectivity index (χ2v) is 6.79. The molecule has 1 aromatic heterocycles. The maximum atomic E-state index is 12.0. The van der Waals surface area contributed by atoms with Crippen molar-refractivity contribution in [2.45, 2.75) is 4.90 Å². The SMILES string of the molecule is Cn1ncc(Cl)c1C(=O)NC(=S)NNS(=O)(=O)c1ccccc1. The molecule has 8 nitrogen and oxygen atoms in total. The number of halogens is 1. The van der Waals surface area contributed by atoms with Crippen molar-refractivity contribution in [1.29, 1.82) is 0 Å². The van der Waals surface area contributed by atoms with Gasteiger partial charge >= 0.3 is 0 Å².